The van der Waals surface area contributed by atoms with Crippen LogP contribution in [0.5, 0.6) is 0 Å². The minimum atomic E-state index is -0.383. The summed E-state index contributed by atoms with van der Waals surface area (Å²) in [5, 5.41) is 0.296. The van der Waals surface area contributed by atoms with Crippen LogP contribution in [-0.2, 0) is 0 Å². The zero-order valence-corrected chi connectivity index (χ0v) is 12.5. The molecule has 0 aliphatic rings. The Bertz CT molecular complexity index is 785. The lowest BCUT2D eigenvalue weighted by atomic mass is 10.2. The van der Waals surface area contributed by atoms with Crippen molar-refractivity contribution in [3.63, 3.8) is 0 Å². The van der Waals surface area contributed by atoms with Gasteiger partial charge in [-0.1, -0.05) is 11.6 Å². The van der Waals surface area contributed by atoms with Crippen molar-refractivity contribution in [2.45, 2.75) is 0 Å². The Morgan fingerprint density at radius 3 is 2.74 bits per heavy atom. The predicted molar refractivity (Wildman–Crippen MR) is 83.2 cm³/mol. The van der Waals surface area contributed by atoms with Gasteiger partial charge in [-0.25, -0.2) is 9.37 Å². The molecule has 0 unspecified atom stereocenters. The summed E-state index contributed by atoms with van der Waals surface area (Å²) in [5.74, 6) is -0.0585. The van der Waals surface area contributed by atoms with Gasteiger partial charge in [0.2, 0.25) is 5.95 Å². The first-order valence-corrected chi connectivity index (χ1v) is 6.91. The molecule has 96 valence electrons. The highest BCUT2D eigenvalue weighted by molar-refractivity contribution is 14.1. The number of fused-ring (bicyclic) bond motifs is 1. The fourth-order valence-corrected chi connectivity index (χ4v) is 2.71. The quantitative estimate of drug-likeness (QED) is 0.641. The third kappa shape index (κ3) is 2.17. The van der Waals surface area contributed by atoms with E-state index in [0.29, 0.717) is 16.7 Å². The number of aromatic nitrogens is 2. The number of halogens is 3. The van der Waals surface area contributed by atoms with E-state index in [2.05, 4.69) is 27.6 Å². The van der Waals surface area contributed by atoms with Crippen molar-refractivity contribution in [2.24, 2.45) is 0 Å². The highest BCUT2D eigenvalue weighted by Crippen LogP contribution is 2.29. The Kier molecular flexibility index (Phi) is 3.10. The Balaban J connectivity index is 2.33. The first-order valence-electron chi connectivity index (χ1n) is 5.45. The Hall–Kier alpha value is -1.34. The van der Waals surface area contributed by atoms with Crippen LogP contribution in [0.25, 0.3) is 16.7 Å². The Labute approximate surface area is 127 Å². The molecule has 0 aliphatic carbocycles. The molecule has 3 aromatic rings. The van der Waals surface area contributed by atoms with Gasteiger partial charge in [-0.3, -0.25) is 4.57 Å². The Morgan fingerprint density at radius 2 is 2.00 bits per heavy atom. The van der Waals surface area contributed by atoms with Crippen LogP contribution < -0.4 is 5.73 Å². The fourth-order valence-electron chi connectivity index (χ4n) is 1.99. The molecule has 1 aromatic heterocycles. The molecule has 3 nitrogen and oxygen atoms in total. The number of anilines is 1. The van der Waals surface area contributed by atoms with Gasteiger partial charge in [0.15, 0.2) is 0 Å². The van der Waals surface area contributed by atoms with Crippen LogP contribution in [0.4, 0.5) is 10.3 Å². The zero-order chi connectivity index (χ0) is 13.6. The van der Waals surface area contributed by atoms with Crippen molar-refractivity contribution >= 4 is 51.2 Å². The summed E-state index contributed by atoms with van der Waals surface area (Å²) in [7, 11) is 0. The van der Waals surface area contributed by atoms with E-state index in [1.165, 1.54) is 12.1 Å². The van der Waals surface area contributed by atoms with E-state index in [1.54, 1.807) is 10.6 Å². The summed E-state index contributed by atoms with van der Waals surface area (Å²) in [6.07, 6.45) is 0. The molecule has 0 atom stereocenters. The second-order valence-corrected chi connectivity index (χ2v) is 5.69. The first kappa shape index (κ1) is 12.7. The number of imidazole rings is 1. The van der Waals surface area contributed by atoms with E-state index in [-0.39, 0.29) is 5.82 Å². The van der Waals surface area contributed by atoms with Crippen LogP contribution in [-0.4, -0.2) is 9.55 Å². The molecule has 0 spiro atoms. The summed E-state index contributed by atoms with van der Waals surface area (Å²) >= 11 is 8.29. The van der Waals surface area contributed by atoms with E-state index >= 15 is 0 Å². The van der Waals surface area contributed by atoms with Crippen molar-refractivity contribution in [1.29, 1.82) is 0 Å². The van der Waals surface area contributed by atoms with E-state index in [9.17, 15) is 4.39 Å². The third-order valence-electron chi connectivity index (χ3n) is 2.79. The molecule has 0 bridgehead atoms. The maximum Gasteiger partial charge on any atom is 0.205 e. The predicted octanol–water partition coefficient (Wildman–Crippen LogP) is 4.00. The molecule has 0 saturated carbocycles. The lowest BCUT2D eigenvalue weighted by molar-refractivity contribution is 0.627. The average molecular weight is 388 g/mol. The van der Waals surface area contributed by atoms with Crippen molar-refractivity contribution in [2.75, 3.05) is 5.73 Å². The molecule has 0 aliphatic heterocycles. The van der Waals surface area contributed by atoms with Crippen molar-refractivity contribution in [3.05, 3.63) is 50.8 Å². The Morgan fingerprint density at radius 1 is 1.21 bits per heavy atom. The second-order valence-electron chi connectivity index (χ2n) is 4.03. The minimum absolute atomic E-state index is 0.296. The maximum atomic E-state index is 13.1. The average Bonchev–Trinajstić information content (AvgIpc) is 2.65. The van der Waals surface area contributed by atoms with Crippen molar-refractivity contribution < 1.29 is 4.39 Å². The standard InChI is InChI=1S/C13H8ClFIN3/c14-9-5-7(15)1-3-11(9)19-12-4-2-8(16)6-10(12)18-13(19)17/h1-6H,(H2,17,18). The second kappa shape index (κ2) is 4.64. The fraction of sp³-hybridized carbons (Fsp3) is 0. The van der Waals surface area contributed by atoms with Gasteiger partial charge >= 0.3 is 0 Å². The number of rotatable bonds is 1. The molecule has 0 fully saturated rings. The molecule has 2 N–H and O–H groups in total. The molecule has 19 heavy (non-hydrogen) atoms. The van der Waals surface area contributed by atoms with Crippen LogP contribution in [0.3, 0.4) is 0 Å². The smallest absolute Gasteiger partial charge is 0.205 e. The number of hydrogen-bond donors (Lipinski definition) is 1. The molecule has 0 radical (unpaired) electrons. The number of nitrogens with two attached hydrogens (primary N) is 1. The topological polar surface area (TPSA) is 43.8 Å². The van der Waals surface area contributed by atoms with Gasteiger partial charge in [0.1, 0.15) is 5.82 Å². The summed E-state index contributed by atoms with van der Waals surface area (Å²) < 4.78 is 15.9. The number of hydrogen-bond acceptors (Lipinski definition) is 2. The van der Waals surface area contributed by atoms with Crippen LogP contribution in [0, 0.1) is 9.39 Å². The summed E-state index contributed by atoms with van der Waals surface area (Å²) in [6.45, 7) is 0. The number of nitrogens with zero attached hydrogens (tertiary/aromatic N) is 2. The minimum Gasteiger partial charge on any atom is -0.369 e. The number of benzene rings is 2. The molecular formula is C13H8ClFIN3. The van der Waals surface area contributed by atoms with Gasteiger partial charge < -0.3 is 5.73 Å². The van der Waals surface area contributed by atoms with Crippen LogP contribution >= 0.6 is 34.2 Å². The highest BCUT2D eigenvalue weighted by Gasteiger charge is 2.13. The van der Waals surface area contributed by atoms with E-state index in [4.69, 9.17) is 17.3 Å². The normalized spacial score (nSPS) is 11.1. The van der Waals surface area contributed by atoms with Gasteiger partial charge in [-0.15, -0.1) is 0 Å². The van der Waals surface area contributed by atoms with Gasteiger partial charge in [0.05, 0.1) is 21.7 Å². The molecule has 0 amide bonds. The SMILES string of the molecule is Nc1nc2cc(I)ccc2n1-c1ccc(F)cc1Cl. The monoisotopic (exact) mass is 387 g/mol. The van der Waals surface area contributed by atoms with Gasteiger partial charge in [-0.05, 0) is 59.0 Å². The molecule has 0 saturated heterocycles. The molecule has 6 heteroatoms. The molecule has 2 aromatic carbocycles. The molecular weight excluding hydrogens is 380 g/mol. The van der Waals surface area contributed by atoms with Crippen LogP contribution in [0.2, 0.25) is 5.02 Å². The largest absolute Gasteiger partial charge is 0.369 e. The summed E-state index contributed by atoms with van der Waals surface area (Å²) in [6, 6.07) is 10.00. The van der Waals surface area contributed by atoms with Crippen LogP contribution in [0.1, 0.15) is 0 Å². The highest BCUT2D eigenvalue weighted by atomic mass is 127. The lowest BCUT2D eigenvalue weighted by Gasteiger charge is -2.08. The maximum absolute atomic E-state index is 13.1. The summed E-state index contributed by atoms with van der Waals surface area (Å²) in [5.41, 5.74) is 8.18. The molecule has 3 rings (SSSR count). The first-order chi connectivity index (χ1) is 9.06. The van der Waals surface area contributed by atoms with Crippen LogP contribution in [0.15, 0.2) is 36.4 Å². The van der Waals surface area contributed by atoms with Crippen molar-refractivity contribution in [3.8, 4) is 5.69 Å². The number of nitrogen functional groups attached to an aromatic ring is 1. The lowest BCUT2D eigenvalue weighted by Crippen LogP contribution is -2.01. The van der Waals surface area contributed by atoms with E-state index < -0.39 is 0 Å². The summed E-state index contributed by atoms with van der Waals surface area (Å²) in [4.78, 5) is 4.30. The zero-order valence-electron chi connectivity index (χ0n) is 9.57. The van der Waals surface area contributed by atoms with E-state index in [0.717, 1.165) is 14.6 Å². The molecule has 1 heterocycles. The van der Waals surface area contributed by atoms with Gasteiger partial charge in [0.25, 0.3) is 0 Å². The van der Waals surface area contributed by atoms with E-state index in [1.807, 2.05) is 18.2 Å². The van der Waals surface area contributed by atoms with Crippen molar-refractivity contribution in [1.82, 2.24) is 9.55 Å². The third-order valence-corrected chi connectivity index (χ3v) is 3.77. The van der Waals surface area contributed by atoms with Gasteiger partial charge in [0, 0.05) is 3.57 Å². The van der Waals surface area contributed by atoms with Gasteiger partial charge in [-0.2, -0.15) is 0 Å².